The van der Waals surface area contributed by atoms with Gasteiger partial charge in [-0.2, -0.15) is 5.10 Å². The van der Waals surface area contributed by atoms with Gasteiger partial charge in [-0.3, -0.25) is 5.43 Å². The molecular weight excluding hydrogens is 240 g/mol. The zero-order valence-electron chi connectivity index (χ0n) is 10.1. The quantitative estimate of drug-likeness (QED) is 0.511. The number of ether oxygens (including phenoxy) is 1. The highest BCUT2D eigenvalue weighted by Gasteiger charge is 2.08. The van der Waals surface area contributed by atoms with Crippen LogP contribution in [0.1, 0.15) is 18.1 Å². The maximum absolute atomic E-state index is 11.2. The summed E-state index contributed by atoms with van der Waals surface area (Å²) in [5.41, 5.74) is 5.81. The number of nitrogens with zero attached hydrogens (tertiary/aromatic N) is 1. The molecule has 92 valence electrons. The van der Waals surface area contributed by atoms with Gasteiger partial charge in [-0.1, -0.05) is 17.7 Å². The molecule has 0 fully saturated rings. The van der Waals surface area contributed by atoms with E-state index in [-0.39, 0.29) is 11.8 Å². The fraction of sp³-hybridized carbons (Fsp3) is 0.333. The number of nitrogens with one attached hydrogen (secondary N) is 1. The Kier molecular flexibility index (Phi) is 4.97. The second kappa shape index (κ2) is 6.25. The standard InChI is InChI=1S/C12H15ClN2O2/c1-4-17-12(16)11(13)15-14-10-6-5-8(2)9(3)7-10/h5-7,14H,4H2,1-3H3. The van der Waals surface area contributed by atoms with E-state index in [1.807, 2.05) is 32.0 Å². The molecule has 0 amide bonds. The fourth-order valence-electron chi connectivity index (χ4n) is 1.16. The molecule has 0 aromatic heterocycles. The van der Waals surface area contributed by atoms with Crippen molar-refractivity contribution in [1.82, 2.24) is 0 Å². The fourth-order valence-corrected chi connectivity index (χ4v) is 1.26. The molecule has 17 heavy (non-hydrogen) atoms. The number of hydrazone groups is 1. The summed E-state index contributed by atoms with van der Waals surface area (Å²) in [6, 6.07) is 5.75. The van der Waals surface area contributed by atoms with Crippen molar-refractivity contribution < 1.29 is 9.53 Å². The van der Waals surface area contributed by atoms with E-state index in [1.165, 1.54) is 5.56 Å². The molecule has 5 heteroatoms. The summed E-state index contributed by atoms with van der Waals surface area (Å²) in [5, 5.41) is 3.52. The Morgan fingerprint density at radius 2 is 2.12 bits per heavy atom. The van der Waals surface area contributed by atoms with Gasteiger partial charge in [0.2, 0.25) is 5.17 Å². The Hall–Kier alpha value is -1.55. The lowest BCUT2D eigenvalue weighted by Gasteiger charge is -2.05. The van der Waals surface area contributed by atoms with Crippen LogP contribution in [0.25, 0.3) is 0 Å². The summed E-state index contributed by atoms with van der Waals surface area (Å²) in [4.78, 5) is 11.2. The molecular formula is C12H15ClN2O2. The number of benzene rings is 1. The molecule has 0 saturated carbocycles. The Labute approximate surface area is 106 Å². The maximum atomic E-state index is 11.2. The van der Waals surface area contributed by atoms with Crippen LogP contribution in [0.5, 0.6) is 0 Å². The lowest BCUT2D eigenvalue weighted by molar-refractivity contribution is -0.134. The van der Waals surface area contributed by atoms with Gasteiger partial charge in [0.1, 0.15) is 0 Å². The third-order valence-electron chi connectivity index (χ3n) is 2.23. The van der Waals surface area contributed by atoms with Gasteiger partial charge < -0.3 is 4.74 Å². The van der Waals surface area contributed by atoms with Crippen molar-refractivity contribution in [1.29, 1.82) is 0 Å². The smallest absolute Gasteiger partial charge is 0.370 e. The molecule has 1 aromatic carbocycles. The van der Waals surface area contributed by atoms with Crippen LogP contribution >= 0.6 is 11.6 Å². The maximum Gasteiger partial charge on any atom is 0.370 e. The Bertz CT molecular complexity index is 444. The molecule has 0 bridgehead atoms. The van der Waals surface area contributed by atoms with Gasteiger partial charge in [0.25, 0.3) is 0 Å². The molecule has 1 N–H and O–H groups in total. The topological polar surface area (TPSA) is 50.7 Å². The van der Waals surface area contributed by atoms with Crippen LogP contribution in [0.4, 0.5) is 5.69 Å². The predicted molar refractivity (Wildman–Crippen MR) is 69.5 cm³/mol. The van der Waals surface area contributed by atoms with Crippen LogP contribution in [-0.4, -0.2) is 17.7 Å². The van der Waals surface area contributed by atoms with Crippen molar-refractivity contribution in [2.75, 3.05) is 12.0 Å². The summed E-state index contributed by atoms with van der Waals surface area (Å²) in [6.45, 7) is 6.00. The Balaban J connectivity index is 2.69. The van der Waals surface area contributed by atoms with Crippen LogP contribution < -0.4 is 5.43 Å². The molecule has 0 spiro atoms. The number of anilines is 1. The molecule has 4 nitrogen and oxygen atoms in total. The third kappa shape index (κ3) is 4.07. The first-order valence-electron chi connectivity index (χ1n) is 5.28. The predicted octanol–water partition coefficient (Wildman–Crippen LogP) is 2.83. The number of esters is 1. The number of rotatable bonds is 4. The first-order chi connectivity index (χ1) is 8.04. The van der Waals surface area contributed by atoms with Crippen molar-refractivity contribution in [3.8, 4) is 0 Å². The summed E-state index contributed by atoms with van der Waals surface area (Å²) in [6.07, 6.45) is 0. The summed E-state index contributed by atoms with van der Waals surface area (Å²) in [7, 11) is 0. The van der Waals surface area contributed by atoms with Crippen molar-refractivity contribution in [2.24, 2.45) is 5.10 Å². The molecule has 0 unspecified atom stereocenters. The summed E-state index contributed by atoms with van der Waals surface area (Å²) >= 11 is 5.64. The molecule has 0 aliphatic carbocycles. The first-order valence-corrected chi connectivity index (χ1v) is 5.66. The van der Waals surface area contributed by atoms with Crippen LogP contribution in [-0.2, 0) is 9.53 Å². The van der Waals surface area contributed by atoms with Gasteiger partial charge >= 0.3 is 5.97 Å². The van der Waals surface area contributed by atoms with Gasteiger partial charge in [0.05, 0.1) is 12.3 Å². The second-order valence-corrected chi connectivity index (χ2v) is 3.89. The Morgan fingerprint density at radius 1 is 1.41 bits per heavy atom. The van der Waals surface area contributed by atoms with Gasteiger partial charge in [0, 0.05) is 0 Å². The first kappa shape index (κ1) is 13.5. The molecule has 0 aliphatic rings. The van der Waals surface area contributed by atoms with E-state index in [0.717, 1.165) is 11.3 Å². The minimum atomic E-state index is -0.634. The van der Waals surface area contributed by atoms with Gasteiger partial charge in [-0.05, 0) is 44.0 Å². The number of hydrogen-bond acceptors (Lipinski definition) is 4. The van der Waals surface area contributed by atoms with Crippen LogP contribution in [0.3, 0.4) is 0 Å². The van der Waals surface area contributed by atoms with E-state index < -0.39 is 5.97 Å². The molecule has 0 radical (unpaired) electrons. The highest BCUT2D eigenvalue weighted by Crippen LogP contribution is 2.14. The van der Waals surface area contributed by atoms with E-state index in [4.69, 9.17) is 16.3 Å². The highest BCUT2D eigenvalue weighted by molar-refractivity contribution is 6.82. The van der Waals surface area contributed by atoms with E-state index in [9.17, 15) is 4.79 Å². The van der Waals surface area contributed by atoms with E-state index >= 15 is 0 Å². The molecule has 1 aromatic rings. The zero-order valence-corrected chi connectivity index (χ0v) is 10.8. The number of carbonyl (C=O) groups excluding carboxylic acids is 1. The monoisotopic (exact) mass is 254 g/mol. The largest absolute Gasteiger partial charge is 0.461 e. The molecule has 0 atom stereocenters. The average Bonchev–Trinajstić information content (AvgIpc) is 2.30. The van der Waals surface area contributed by atoms with Crippen molar-refractivity contribution in [3.63, 3.8) is 0 Å². The third-order valence-corrected chi connectivity index (χ3v) is 2.47. The van der Waals surface area contributed by atoms with Gasteiger partial charge in [-0.15, -0.1) is 0 Å². The molecule has 0 aliphatic heterocycles. The lowest BCUT2D eigenvalue weighted by atomic mass is 10.1. The Morgan fingerprint density at radius 3 is 2.71 bits per heavy atom. The SMILES string of the molecule is CCOC(=O)C(Cl)=NNc1ccc(C)c(C)c1. The zero-order chi connectivity index (χ0) is 12.8. The minimum Gasteiger partial charge on any atom is -0.461 e. The van der Waals surface area contributed by atoms with Crippen LogP contribution in [0.15, 0.2) is 23.3 Å². The average molecular weight is 255 g/mol. The van der Waals surface area contributed by atoms with Gasteiger partial charge in [-0.25, -0.2) is 4.79 Å². The summed E-state index contributed by atoms with van der Waals surface area (Å²) in [5.74, 6) is -0.634. The number of aryl methyl sites for hydroxylation is 2. The lowest BCUT2D eigenvalue weighted by Crippen LogP contribution is -2.13. The molecule has 0 saturated heterocycles. The number of carbonyl (C=O) groups is 1. The van der Waals surface area contributed by atoms with E-state index in [2.05, 4.69) is 10.5 Å². The van der Waals surface area contributed by atoms with E-state index in [1.54, 1.807) is 6.92 Å². The van der Waals surface area contributed by atoms with Crippen molar-refractivity contribution in [2.45, 2.75) is 20.8 Å². The van der Waals surface area contributed by atoms with Gasteiger partial charge in [0.15, 0.2) is 0 Å². The highest BCUT2D eigenvalue weighted by atomic mass is 35.5. The molecule has 1 rings (SSSR count). The molecule has 0 heterocycles. The summed E-state index contributed by atoms with van der Waals surface area (Å²) < 4.78 is 4.69. The second-order valence-electron chi connectivity index (χ2n) is 3.53. The number of halogens is 1. The van der Waals surface area contributed by atoms with Crippen molar-refractivity contribution in [3.05, 3.63) is 29.3 Å². The van der Waals surface area contributed by atoms with E-state index in [0.29, 0.717) is 0 Å². The number of hydrogen-bond donors (Lipinski definition) is 1. The van der Waals surface area contributed by atoms with Crippen LogP contribution in [0, 0.1) is 13.8 Å². The normalized spacial score (nSPS) is 11.2. The van der Waals surface area contributed by atoms with Crippen molar-refractivity contribution >= 4 is 28.4 Å². The van der Waals surface area contributed by atoms with Crippen LogP contribution in [0.2, 0.25) is 0 Å². The minimum absolute atomic E-state index is 0.218.